The molecule has 0 aromatic rings. The molecule has 0 aromatic carbocycles. The molecule has 9 heteroatoms. The van der Waals surface area contributed by atoms with Gasteiger partial charge in [-0.1, -0.05) is 0 Å². The summed E-state index contributed by atoms with van der Waals surface area (Å²) in [5.41, 5.74) is 0. The van der Waals surface area contributed by atoms with Gasteiger partial charge in [-0.3, -0.25) is 19.4 Å². The Hall–Kier alpha value is -1.26. The van der Waals surface area contributed by atoms with E-state index in [2.05, 4.69) is 0 Å². The van der Waals surface area contributed by atoms with Crippen molar-refractivity contribution in [3.8, 4) is 0 Å². The monoisotopic (exact) mass is 280 g/mol. The lowest BCUT2D eigenvalue weighted by Gasteiger charge is -2.25. The fourth-order valence-corrected chi connectivity index (χ4v) is 1.55. The van der Waals surface area contributed by atoms with E-state index in [0.29, 0.717) is 0 Å². The van der Waals surface area contributed by atoms with Crippen molar-refractivity contribution in [3.05, 3.63) is 0 Å². The van der Waals surface area contributed by atoms with E-state index in [0.717, 1.165) is 0 Å². The second-order valence-electron chi connectivity index (χ2n) is 4.00. The highest BCUT2D eigenvalue weighted by atomic mass is 16.5. The summed E-state index contributed by atoms with van der Waals surface area (Å²) < 4.78 is 0. The molecule has 19 heavy (non-hydrogen) atoms. The summed E-state index contributed by atoms with van der Waals surface area (Å²) in [6, 6.07) is 0. The van der Waals surface area contributed by atoms with Crippen LogP contribution < -0.4 is 0 Å². The van der Waals surface area contributed by atoms with E-state index in [4.69, 9.17) is 25.5 Å². The molecule has 5 N–H and O–H groups in total. The summed E-state index contributed by atoms with van der Waals surface area (Å²) in [6.45, 7) is -0.587. The normalized spacial score (nSPS) is 11.5. The first-order valence-electron chi connectivity index (χ1n) is 5.70. The third-order valence-electron chi connectivity index (χ3n) is 2.29. The van der Waals surface area contributed by atoms with E-state index in [9.17, 15) is 9.59 Å². The van der Waals surface area contributed by atoms with E-state index < -0.39 is 31.3 Å². The number of hydrogen-bond acceptors (Lipinski definition) is 7. The lowest BCUT2D eigenvalue weighted by Crippen LogP contribution is -2.43. The largest absolute Gasteiger partial charge is 0.480 e. The quantitative estimate of drug-likeness (QED) is 0.251. The standard InChI is InChI=1S/C10H20N2O7/c13-4-3-11(5-8(14)15)1-2-12(6-9(16)17)7-10(18)19/h8,13-15H,1-7H2,(H,16,17)(H,18,19). The summed E-state index contributed by atoms with van der Waals surface area (Å²) >= 11 is 0. The van der Waals surface area contributed by atoms with Crippen LogP contribution in [0.3, 0.4) is 0 Å². The van der Waals surface area contributed by atoms with E-state index >= 15 is 0 Å². The molecular formula is C10H20N2O7. The van der Waals surface area contributed by atoms with Crippen LogP contribution in [0, 0.1) is 0 Å². The summed E-state index contributed by atoms with van der Waals surface area (Å²) in [4.78, 5) is 23.9. The third kappa shape index (κ3) is 10.4. The van der Waals surface area contributed by atoms with Gasteiger partial charge in [0.1, 0.15) is 0 Å². The number of carbonyl (C=O) groups is 2. The molecule has 0 spiro atoms. The Morgan fingerprint density at radius 3 is 1.74 bits per heavy atom. The first kappa shape index (κ1) is 17.7. The number of aliphatic carboxylic acids is 2. The van der Waals surface area contributed by atoms with Crippen molar-refractivity contribution in [3.63, 3.8) is 0 Å². The summed E-state index contributed by atoms with van der Waals surface area (Å²) in [5.74, 6) is -2.28. The number of carboxylic acids is 2. The van der Waals surface area contributed by atoms with Crippen molar-refractivity contribution in [2.24, 2.45) is 0 Å². The van der Waals surface area contributed by atoms with Crippen LogP contribution in [0.2, 0.25) is 0 Å². The lowest BCUT2D eigenvalue weighted by molar-refractivity contribution is -0.142. The van der Waals surface area contributed by atoms with Gasteiger partial charge >= 0.3 is 11.9 Å². The van der Waals surface area contributed by atoms with Crippen LogP contribution in [0.5, 0.6) is 0 Å². The van der Waals surface area contributed by atoms with Gasteiger partial charge in [0.05, 0.1) is 19.7 Å². The topological polar surface area (TPSA) is 142 Å². The molecule has 0 heterocycles. The Balaban J connectivity index is 4.30. The van der Waals surface area contributed by atoms with Gasteiger partial charge in [-0.25, -0.2) is 0 Å². The molecule has 0 atom stereocenters. The van der Waals surface area contributed by atoms with Crippen molar-refractivity contribution in [2.75, 3.05) is 45.9 Å². The van der Waals surface area contributed by atoms with Crippen molar-refractivity contribution in [2.45, 2.75) is 6.29 Å². The molecule has 0 aliphatic heterocycles. The molecule has 9 nitrogen and oxygen atoms in total. The molecule has 0 saturated heterocycles. The number of aliphatic hydroxyl groups is 3. The Morgan fingerprint density at radius 2 is 1.37 bits per heavy atom. The zero-order valence-corrected chi connectivity index (χ0v) is 10.5. The van der Waals surface area contributed by atoms with Crippen LogP contribution in [0.25, 0.3) is 0 Å². The van der Waals surface area contributed by atoms with E-state index in [-0.39, 0.29) is 32.8 Å². The smallest absolute Gasteiger partial charge is 0.317 e. The Labute approximate surface area is 110 Å². The highest BCUT2D eigenvalue weighted by Crippen LogP contribution is 1.95. The third-order valence-corrected chi connectivity index (χ3v) is 2.29. The average Bonchev–Trinajstić information content (AvgIpc) is 2.23. The SMILES string of the molecule is O=C(O)CN(CCN(CCO)CC(O)O)CC(=O)O. The van der Waals surface area contributed by atoms with Crippen LogP contribution in [-0.4, -0.2) is 99.4 Å². The highest BCUT2D eigenvalue weighted by molar-refractivity contribution is 5.72. The zero-order valence-electron chi connectivity index (χ0n) is 10.5. The second-order valence-corrected chi connectivity index (χ2v) is 4.00. The van der Waals surface area contributed by atoms with Crippen molar-refractivity contribution in [1.29, 1.82) is 0 Å². The molecule has 0 aliphatic carbocycles. The van der Waals surface area contributed by atoms with Gasteiger partial charge in [-0.05, 0) is 0 Å². The maximum atomic E-state index is 10.6. The minimum absolute atomic E-state index is 0.103. The van der Waals surface area contributed by atoms with E-state index in [1.807, 2.05) is 0 Å². The van der Waals surface area contributed by atoms with Gasteiger partial charge < -0.3 is 25.5 Å². The minimum atomic E-state index is -1.57. The molecule has 0 rings (SSSR count). The minimum Gasteiger partial charge on any atom is -0.480 e. The maximum absolute atomic E-state index is 10.6. The Morgan fingerprint density at radius 1 is 0.895 bits per heavy atom. The van der Waals surface area contributed by atoms with Gasteiger partial charge in [-0.15, -0.1) is 0 Å². The van der Waals surface area contributed by atoms with Crippen LogP contribution in [0.15, 0.2) is 0 Å². The second kappa shape index (κ2) is 9.64. The molecule has 0 fully saturated rings. The first-order chi connectivity index (χ1) is 8.85. The number of aliphatic hydroxyl groups excluding tert-OH is 2. The zero-order chi connectivity index (χ0) is 14.8. The van der Waals surface area contributed by atoms with Crippen LogP contribution in [0.4, 0.5) is 0 Å². The maximum Gasteiger partial charge on any atom is 0.317 e. The van der Waals surface area contributed by atoms with Gasteiger partial charge in [-0.2, -0.15) is 0 Å². The molecule has 112 valence electrons. The first-order valence-corrected chi connectivity index (χ1v) is 5.70. The molecule has 0 saturated carbocycles. The average molecular weight is 280 g/mol. The van der Waals surface area contributed by atoms with Crippen LogP contribution in [-0.2, 0) is 9.59 Å². The van der Waals surface area contributed by atoms with Gasteiger partial charge in [0.2, 0.25) is 0 Å². The summed E-state index contributed by atoms with van der Waals surface area (Å²) in [7, 11) is 0. The Kier molecular flexibility index (Phi) is 9.00. The summed E-state index contributed by atoms with van der Waals surface area (Å²) in [6.07, 6.45) is -1.57. The van der Waals surface area contributed by atoms with E-state index in [1.165, 1.54) is 9.80 Å². The molecule has 0 aromatic heterocycles. The highest BCUT2D eigenvalue weighted by Gasteiger charge is 2.16. The fraction of sp³-hybridized carbons (Fsp3) is 0.800. The molecule has 0 amide bonds. The molecule has 0 aliphatic rings. The number of hydrogen-bond donors (Lipinski definition) is 5. The number of rotatable bonds is 11. The van der Waals surface area contributed by atoms with Crippen molar-refractivity contribution >= 4 is 11.9 Å². The van der Waals surface area contributed by atoms with Crippen LogP contribution in [0.1, 0.15) is 0 Å². The molecule has 0 bridgehead atoms. The number of nitrogens with zero attached hydrogens (tertiary/aromatic N) is 2. The molecular weight excluding hydrogens is 260 g/mol. The van der Waals surface area contributed by atoms with E-state index in [1.54, 1.807) is 0 Å². The predicted octanol–water partition coefficient (Wildman–Crippen LogP) is -2.94. The molecule has 0 radical (unpaired) electrons. The Bertz CT molecular complexity index is 269. The van der Waals surface area contributed by atoms with Gasteiger partial charge in [0.25, 0.3) is 0 Å². The molecule has 0 unspecified atom stereocenters. The number of carboxylic acid groups (broad SMARTS) is 2. The van der Waals surface area contributed by atoms with Gasteiger partial charge in [0.15, 0.2) is 6.29 Å². The summed E-state index contributed by atoms with van der Waals surface area (Å²) in [5, 5.41) is 43.8. The lowest BCUT2D eigenvalue weighted by atomic mass is 10.4. The van der Waals surface area contributed by atoms with Crippen molar-refractivity contribution in [1.82, 2.24) is 9.80 Å². The fourth-order valence-electron chi connectivity index (χ4n) is 1.55. The van der Waals surface area contributed by atoms with Crippen LogP contribution >= 0.6 is 0 Å². The van der Waals surface area contributed by atoms with Crippen molar-refractivity contribution < 1.29 is 35.1 Å². The predicted molar refractivity (Wildman–Crippen MR) is 63.5 cm³/mol. The van der Waals surface area contributed by atoms with Gasteiger partial charge in [0, 0.05) is 26.2 Å².